The maximum absolute atomic E-state index is 13.6. The van der Waals surface area contributed by atoms with E-state index in [0.29, 0.717) is 54.8 Å². The van der Waals surface area contributed by atoms with E-state index < -0.39 is 11.7 Å². The van der Waals surface area contributed by atoms with Gasteiger partial charge in [-0.15, -0.1) is 0 Å². The van der Waals surface area contributed by atoms with E-state index in [-0.39, 0.29) is 23.6 Å². The summed E-state index contributed by atoms with van der Waals surface area (Å²) in [5.74, 6) is 2.44. The maximum atomic E-state index is 13.6. The topological polar surface area (TPSA) is 96.7 Å². The number of rotatable bonds is 5. The molecule has 10 heteroatoms. The van der Waals surface area contributed by atoms with Crippen LogP contribution in [-0.4, -0.2) is 61.1 Å². The Morgan fingerprint density at radius 3 is 2.37 bits per heavy atom. The number of fused-ring (bicyclic) bond motifs is 1. The van der Waals surface area contributed by atoms with Gasteiger partial charge in [0.25, 0.3) is 11.8 Å². The summed E-state index contributed by atoms with van der Waals surface area (Å²) in [7, 11) is 0. The number of nitrogens with zero attached hydrogens (tertiary/aromatic N) is 4. The molecule has 41 heavy (non-hydrogen) atoms. The number of aryl methyl sites for hydroxylation is 2. The average molecular weight is 584 g/mol. The number of thioether (sulfide) groups is 1. The first kappa shape index (κ1) is 32.2. The van der Waals surface area contributed by atoms with Gasteiger partial charge in [0, 0.05) is 18.3 Å². The third kappa shape index (κ3) is 8.38. The molecule has 2 fully saturated rings. The number of imidazole rings is 1. The normalized spacial score (nSPS) is 18.8. The number of aromatic nitrogens is 3. The number of carbonyl (C=O) groups is 3. The summed E-state index contributed by atoms with van der Waals surface area (Å²) >= 11 is 2.10. The Kier molecular flexibility index (Phi) is 12.3. The van der Waals surface area contributed by atoms with E-state index in [9.17, 15) is 18.8 Å². The fourth-order valence-corrected chi connectivity index (χ4v) is 6.46. The number of hydrogen-bond acceptors (Lipinski definition) is 6. The highest BCUT2D eigenvalue weighted by molar-refractivity contribution is 7.99. The molecule has 3 amide bonds. The predicted molar refractivity (Wildman–Crippen MR) is 162 cm³/mol. The lowest BCUT2D eigenvalue weighted by molar-refractivity contribution is -0.118. The minimum atomic E-state index is -0.626. The highest BCUT2D eigenvalue weighted by atomic mass is 32.2. The molecule has 5 rings (SSSR count). The Balaban J connectivity index is 0.000000443. The second kappa shape index (κ2) is 15.7. The summed E-state index contributed by atoms with van der Waals surface area (Å²) in [5.41, 5.74) is 2.31. The van der Waals surface area contributed by atoms with E-state index in [2.05, 4.69) is 34.0 Å². The molecular weight excluding hydrogens is 541 g/mol. The van der Waals surface area contributed by atoms with Crippen LogP contribution in [0.2, 0.25) is 0 Å². The van der Waals surface area contributed by atoms with Crippen LogP contribution in [0.5, 0.6) is 0 Å². The van der Waals surface area contributed by atoms with Crippen LogP contribution in [-0.2, 0) is 4.79 Å². The second-order valence-corrected chi connectivity index (χ2v) is 11.6. The van der Waals surface area contributed by atoms with Crippen molar-refractivity contribution < 1.29 is 18.8 Å². The molecule has 2 aliphatic rings. The van der Waals surface area contributed by atoms with Crippen LogP contribution in [0, 0.1) is 25.6 Å². The number of pyridine rings is 2. The van der Waals surface area contributed by atoms with Crippen molar-refractivity contribution in [2.75, 3.05) is 11.5 Å². The van der Waals surface area contributed by atoms with Gasteiger partial charge in [0.1, 0.15) is 17.2 Å². The average Bonchev–Trinajstić information content (AvgIpc) is 3.33. The number of imide groups is 1. The van der Waals surface area contributed by atoms with Crippen LogP contribution in [0.25, 0.3) is 5.65 Å². The summed E-state index contributed by atoms with van der Waals surface area (Å²) in [6.45, 7) is 9.75. The molecule has 1 N–H and O–H groups in total. The monoisotopic (exact) mass is 583 g/mol. The zero-order valence-electron chi connectivity index (χ0n) is 24.7. The van der Waals surface area contributed by atoms with Gasteiger partial charge >= 0.3 is 0 Å². The van der Waals surface area contributed by atoms with Crippen LogP contribution in [0.15, 0.2) is 36.7 Å². The van der Waals surface area contributed by atoms with E-state index in [1.165, 1.54) is 24.3 Å². The van der Waals surface area contributed by atoms with Crippen molar-refractivity contribution in [3.05, 3.63) is 65.1 Å². The summed E-state index contributed by atoms with van der Waals surface area (Å²) in [4.78, 5) is 46.9. The molecule has 1 saturated carbocycles. The molecule has 0 bridgehead atoms. The molecule has 1 saturated heterocycles. The summed E-state index contributed by atoms with van der Waals surface area (Å²) < 4.78 is 15.3. The third-order valence-electron chi connectivity index (χ3n) is 7.49. The summed E-state index contributed by atoms with van der Waals surface area (Å²) in [5, 5.41) is 3.06. The van der Waals surface area contributed by atoms with Gasteiger partial charge in [0.2, 0.25) is 6.41 Å². The lowest BCUT2D eigenvalue weighted by atomic mass is 9.90. The van der Waals surface area contributed by atoms with Crippen LogP contribution >= 0.6 is 11.8 Å². The van der Waals surface area contributed by atoms with Crippen molar-refractivity contribution in [2.24, 2.45) is 5.92 Å². The molecule has 0 atom stereocenters. The zero-order chi connectivity index (χ0) is 29.9. The van der Waals surface area contributed by atoms with Crippen molar-refractivity contribution in [2.45, 2.75) is 85.2 Å². The van der Waals surface area contributed by atoms with Gasteiger partial charge in [-0.2, -0.15) is 11.8 Å². The second-order valence-electron chi connectivity index (χ2n) is 10.4. The number of hydrogen-bond donors (Lipinski definition) is 1. The molecule has 0 aromatic carbocycles. The zero-order valence-corrected chi connectivity index (χ0v) is 25.5. The van der Waals surface area contributed by atoms with Crippen LogP contribution in [0.3, 0.4) is 0 Å². The van der Waals surface area contributed by atoms with E-state index in [0.717, 1.165) is 23.1 Å². The fourth-order valence-electron chi connectivity index (χ4n) is 5.12. The molecule has 3 aromatic heterocycles. The molecule has 1 aliphatic heterocycles. The molecule has 8 nitrogen and oxygen atoms in total. The Morgan fingerprint density at radius 2 is 1.76 bits per heavy atom. The Labute approximate surface area is 246 Å². The van der Waals surface area contributed by atoms with Crippen molar-refractivity contribution >= 4 is 35.6 Å². The van der Waals surface area contributed by atoms with Crippen molar-refractivity contribution in [1.29, 1.82) is 0 Å². The molecule has 0 radical (unpaired) electrons. The maximum Gasteiger partial charge on any atom is 0.270 e. The summed E-state index contributed by atoms with van der Waals surface area (Å²) in [6.07, 6.45) is 8.56. The molecule has 0 spiro atoms. The first-order chi connectivity index (χ1) is 19.8. The van der Waals surface area contributed by atoms with Crippen molar-refractivity contribution in [3.8, 4) is 0 Å². The SMILES string of the molecule is CC.CC1CCSCC1.Cc1ncc(F)cc1C(=O)N(C=O)C1CCC(NC(=O)c2c(C)nc3ccccn23)CC1. The Morgan fingerprint density at radius 1 is 1.07 bits per heavy atom. The number of carbonyl (C=O) groups excluding carboxylic acids is 3. The molecular formula is C31H42FN5O3S. The molecule has 222 valence electrons. The van der Waals surface area contributed by atoms with E-state index in [1.807, 2.05) is 32.0 Å². The van der Waals surface area contributed by atoms with Gasteiger partial charge in [-0.1, -0.05) is 26.8 Å². The van der Waals surface area contributed by atoms with Crippen molar-refractivity contribution in [3.63, 3.8) is 0 Å². The highest BCUT2D eigenvalue weighted by Crippen LogP contribution is 2.25. The lowest BCUT2D eigenvalue weighted by Gasteiger charge is -2.34. The first-order valence-electron chi connectivity index (χ1n) is 14.5. The largest absolute Gasteiger partial charge is 0.348 e. The molecule has 1 aliphatic carbocycles. The number of halogens is 1. The quantitative estimate of drug-likeness (QED) is 0.370. The minimum Gasteiger partial charge on any atom is -0.348 e. The standard InChI is InChI=1S/C23H24FN5O3.C6H12S.C2H6/c1-14-19(11-16(24)12-25-14)23(32)29(13-30)18-8-6-17(7-9-18)27-22(31)21-15(2)26-20-5-3-4-10-28(20)21;1-6-2-4-7-5-3-6;1-2/h3-5,10-13,17-18H,6-9H2,1-2H3,(H,27,31);6H,2-5H2,1H3;1-2H3. The van der Waals surface area contributed by atoms with Gasteiger partial charge in [-0.25, -0.2) is 9.37 Å². The summed E-state index contributed by atoms with van der Waals surface area (Å²) in [6, 6.07) is 6.27. The van der Waals surface area contributed by atoms with E-state index in [4.69, 9.17) is 0 Å². The van der Waals surface area contributed by atoms with Gasteiger partial charge in [0.05, 0.1) is 23.1 Å². The Hall–Kier alpha value is -3.27. The number of nitrogens with one attached hydrogen (secondary N) is 1. The van der Waals surface area contributed by atoms with Gasteiger partial charge in [0.15, 0.2) is 0 Å². The minimum absolute atomic E-state index is 0.0754. The molecule has 3 aromatic rings. The van der Waals surface area contributed by atoms with Gasteiger partial charge in [-0.05, 0) is 88.0 Å². The first-order valence-corrected chi connectivity index (χ1v) is 15.7. The van der Waals surface area contributed by atoms with E-state index in [1.54, 1.807) is 24.4 Å². The van der Waals surface area contributed by atoms with Gasteiger partial charge < -0.3 is 5.32 Å². The fraction of sp³-hybridized carbons (Fsp3) is 0.516. The van der Waals surface area contributed by atoms with Crippen molar-refractivity contribution in [1.82, 2.24) is 24.6 Å². The number of amides is 3. The molecule has 0 unspecified atom stereocenters. The highest BCUT2D eigenvalue weighted by Gasteiger charge is 2.31. The lowest BCUT2D eigenvalue weighted by Crippen LogP contribution is -2.46. The molecule has 4 heterocycles. The van der Waals surface area contributed by atoms with Crippen LogP contribution < -0.4 is 5.32 Å². The predicted octanol–water partition coefficient (Wildman–Crippen LogP) is 6.00. The third-order valence-corrected chi connectivity index (χ3v) is 8.54. The van der Waals surface area contributed by atoms with E-state index >= 15 is 0 Å². The van der Waals surface area contributed by atoms with Gasteiger partial charge in [-0.3, -0.25) is 28.7 Å². The van der Waals surface area contributed by atoms with Crippen LogP contribution in [0.1, 0.15) is 91.5 Å². The Bertz CT molecular complexity index is 1320. The smallest absolute Gasteiger partial charge is 0.270 e. The van der Waals surface area contributed by atoms with Crippen LogP contribution in [0.4, 0.5) is 4.39 Å².